The molecule has 2 aliphatic rings. The highest BCUT2D eigenvalue weighted by Gasteiger charge is 2.51. The van der Waals surface area contributed by atoms with Crippen LogP contribution in [0.2, 0.25) is 0 Å². The van der Waals surface area contributed by atoms with Gasteiger partial charge in [0.15, 0.2) is 5.13 Å². The summed E-state index contributed by atoms with van der Waals surface area (Å²) in [6.07, 6.45) is 4.67. The number of carboxylic acid groups (broad SMARTS) is 1. The lowest BCUT2D eigenvalue weighted by atomic mass is 9.82. The molecule has 0 radical (unpaired) electrons. The maximum absolute atomic E-state index is 12.7. The van der Waals surface area contributed by atoms with Crippen LogP contribution in [0.15, 0.2) is 42.5 Å². The molecule has 128 valence electrons. The highest BCUT2D eigenvalue weighted by molar-refractivity contribution is 7.16. The number of rotatable bonds is 4. The molecule has 1 heterocycles. The molecule has 1 fully saturated rings. The molecule has 25 heavy (non-hydrogen) atoms. The molecule has 2 bridgehead atoms. The van der Waals surface area contributed by atoms with Crippen LogP contribution in [-0.2, 0) is 9.59 Å². The Morgan fingerprint density at radius 1 is 1.16 bits per heavy atom. The molecule has 0 saturated heterocycles. The van der Waals surface area contributed by atoms with Crippen molar-refractivity contribution < 1.29 is 14.7 Å². The fourth-order valence-corrected chi connectivity index (χ4v) is 4.86. The van der Waals surface area contributed by atoms with E-state index < -0.39 is 17.8 Å². The van der Waals surface area contributed by atoms with Gasteiger partial charge in [-0.15, -0.1) is 11.3 Å². The molecule has 6 heteroatoms. The first-order valence-corrected chi connectivity index (χ1v) is 9.11. The summed E-state index contributed by atoms with van der Waals surface area (Å²) in [7, 11) is 0. The Morgan fingerprint density at radius 2 is 1.84 bits per heavy atom. The van der Waals surface area contributed by atoms with Gasteiger partial charge >= 0.3 is 5.97 Å². The Kier molecular flexibility index (Phi) is 3.92. The number of amides is 1. The number of carboxylic acids is 1. The monoisotopic (exact) mass is 354 g/mol. The number of nitrogens with zero attached hydrogens (tertiary/aromatic N) is 1. The first kappa shape index (κ1) is 16.0. The molecule has 2 aromatic rings. The van der Waals surface area contributed by atoms with Gasteiger partial charge in [-0.2, -0.15) is 0 Å². The number of fused-ring (bicyclic) bond motifs is 2. The fourth-order valence-electron chi connectivity index (χ4n) is 4.02. The number of hydrogen-bond acceptors (Lipinski definition) is 4. The third-order valence-corrected chi connectivity index (χ3v) is 6.01. The number of aliphatic carboxylic acids is 1. The molecular formula is C19H18N2O3S. The van der Waals surface area contributed by atoms with Crippen LogP contribution < -0.4 is 5.32 Å². The number of carbonyl (C=O) groups is 2. The smallest absolute Gasteiger partial charge is 0.307 e. The van der Waals surface area contributed by atoms with Crippen molar-refractivity contribution in [1.82, 2.24) is 4.98 Å². The Labute approximate surface area is 149 Å². The van der Waals surface area contributed by atoms with Gasteiger partial charge in [-0.1, -0.05) is 42.5 Å². The van der Waals surface area contributed by atoms with E-state index in [1.165, 1.54) is 11.3 Å². The molecule has 1 amide bonds. The van der Waals surface area contributed by atoms with Crippen LogP contribution in [-0.4, -0.2) is 22.0 Å². The second-order valence-corrected chi connectivity index (χ2v) is 7.82. The van der Waals surface area contributed by atoms with Gasteiger partial charge in [0.05, 0.1) is 17.5 Å². The lowest BCUT2D eigenvalue weighted by Crippen LogP contribution is -2.36. The van der Waals surface area contributed by atoms with Crippen LogP contribution in [0.25, 0.3) is 11.3 Å². The lowest BCUT2D eigenvalue weighted by Gasteiger charge is -2.23. The maximum Gasteiger partial charge on any atom is 0.307 e. The minimum absolute atomic E-state index is 0.0146. The summed E-state index contributed by atoms with van der Waals surface area (Å²) in [5.74, 6) is -2.30. The zero-order valence-electron chi connectivity index (χ0n) is 13.7. The first-order valence-electron chi connectivity index (χ1n) is 8.29. The molecule has 1 saturated carbocycles. The van der Waals surface area contributed by atoms with Gasteiger partial charge in [-0.3, -0.25) is 9.59 Å². The van der Waals surface area contributed by atoms with Crippen LogP contribution >= 0.6 is 11.3 Å². The van der Waals surface area contributed by atoms with E-state index in [9.17, 15) is 14.7 Å². The first-order chi connectivity index (χ1) is 12.0. The summed E-state index contributed by atoms with van der Waals surface area (Å²) >= 11 is 1.42. The summed E-state index contributed by atoms with van der Waals surface area (Å²) < 4.78 is 0. The highest BCUT2D eigenvalue weighted by Crippen LogP contribution is 2.48. The van der Waals surface area contributed by atoms with Crippen molar-refractivity contribution in [1.29, 1.82) is 0 Å². The van der Waals surface area contributed by atoms with Crippen molar-refractivity contribution in [2.45, 2.75) is 13.3 Å². The SMILES string of the molecule is Cc1sc(NC(=O)[C@H]2[C@@H](C(=O)O)[C@H]3C=C[C@@H]2C3)nc1-c1ccccc1. The van der Waals surface area contributed by atoms with Gasteiger partial charge in [0.1, 0.15) is 0 Å². The largest absolute Gasteiger partial charge is 0.481 e. The van der Waals surface area contributed by atoms with Gasteiger partial charge in [0.2, 0.25) is 5.91 Å². The van der Waals surface area contributed by atoms with E-state index in [0.29, 0.717) is 5.13 Å². The lowest BCUT2D eigenvalue weighted by molar-refractivity contribution is -0.146. The number of thiazole rings is 1. The number of hydrogen-bond donors (Lipinski definition) is 2. The number of aromatic nitrogens is 1. The van der Waals surface area contributed by atoms with E-state index in [2.05, 4.69) is 10.3 Å². The van der Waals surface area contributed by atoms with Crippen LogP contribution in [0.4, 0.5) is 5.13 Å². The minimum Gasteiger partial charge on any atom is -0.481 e. The van der Waals surface area contributed by atoms with E-state index in [-0.39, 0.29) is 17.7 Å². The van der Waals surface area contributed by atoms with Crippen molar-refractivity contribution in [2.24, 2.45) is 23.7 Å². The fraction of sp³-hybridized carbons (Fsp3) is 0.316. The van der Waals surface area contributed by atoms with E-state index in [1.54, 1.807) is 0 Å². The molecule has 0 spiro atoms. The molecule has 0 aliphatic heterocycles. The summed E-state index contributed by atoms with van der Waals surface area (Å²) in [5.41, 5.74) is 1.85. The zero-order valence-corrected chi connectivity index (χ0v) is 14.5. The molecule has 5 nitrogen and oxygen atoms in total. The number of benzene rings is 1. The van der Waals surface area contributed by atoms with Crippen molar-refractivity contribution in [2.75, 3.05) is 5.32 Å². The Balaban J connectivity index is 1.56. The summed E-state index contributed by atoms with van der Waals surface area (Å²) in [6, 6.07) is 9.81. The van der Waals surface area contributed by atoms with Gasteiger partial charge < -0.3 is 10.4 Å². The van der Waals surface area contributed by atoms with Crippen molar-refractivity contribution in [3.8, 4) is 11.3 Å². The van der Waals surface area contributed by atoms with Crippen molar-refractivity contribution in [3.63, 3.8) is 0 Å². The van der Waals surface area contributed by atoms with E-state index in [1.807, 2.05) is 49.4 Å². The average molecular weight is 354 g/mol. The number of allylic oxidation sites excluding steroid dienone is 2. The summed E-state index contributed by atoms with van der Waals surface area (Å²) in [4.78, 5) is 29.9. The van der Waals surface area contributed by atoms with Gasteiger partial charge in [0, 0.05) is 10.4 Å². The van der Waals surface area contributed by atoms with Crippen molar-refractivity contribution in [3.05, 3.63) is 47.4 Å². The third-order valence-electron chi connectivity index (χ3n) is 5.12. The average Bonchev–Trinajstić information content (AvgIpc) is 3.29. The topological polar surface area (TPSA) is 79.3 Å². The molecule has 1 aromatic carbocycles. The highest BCUT2D eigenvalue weighted by atomic mass is 32.1. The quantitative estimate of drug-likeness (QED) is 0.823. The Hall–Kier alpha value is -2.47. The molecular weight excluding hydrogens is 336 g/mol. The number of nitrogens with one attached hydrogen (secondary N) is 1. The minimum atomic E-state index is -0.891. The third kappa shape index (κ3) is 2.76. The summed E-state index contributed by atoms with van der Waals surface area (Å²) in [6.45, 7) is 1.97. The van der Waals surface area contributed by atoms with Gasteiger partial charge in [-0.05, 0) is 25.2 Å². The number of carbonyl (C=O) groups excluding carboxylic acids is 1. The van der Waals surface area contributed by atoms with Crippen LogP contribution in [0.3, 0.4) is 0 Å². The second kappa shape index (κ2) is 6.11. The van der Waals surface area contributed by atoms with Crippen molar-refractivity contribution >= 4 is 28.3 Å². The molecule has 2 aliphatic carbocycles. The van der Waals surface area contributed by atoms with Crippen LogP contribution in [0, 0.1) is 30.6 Å². The maximum atomic E-state index is 12.7. The molecule has 0 unspecified atom stereocenters. The number of aryl methyl sites for hydroxylation is 1. The van der Waals surface area contributed by atoms with E-state index in [4.69, 9.17) is 0 Å². The van der Waals surface area contributed by atoms with E-state index >= 15 is 0 Å². The normalized spacial score (nSPS) is 26.8. The van der Waals surface area contributed by atoms with Crippen LogP contribution in [0.5, 0.6) is 0 Å². The molecule has 2 N–H and O–H groups in total. The molecule has 1 aromatic heterocycles. The zero-order chi connectivity index (χ0) is 17.6. The van der Waals surface area contributed by atoms with Gasteiger partial charge in [-0.25, -0.2) is 4.98 Å². The van der Waals surface area contributed by atoms with Crippen LogP contribution in [0.1, 0.15) is 11.3 Å². The van der Waals surface area contributed by atoms with Gasteiger partial charge in [0.25, 0.3) is 0 Å². The second-order valence-electron chi connectivity index (χ2n) is 6.62. The van der Waals surface area contributed by atoms with E-state index in [0.717, 1.165) is 22.6 Å². The predicted molar refractivity (Wildman–Crippen MR) is 96.3 cm³/mol. The number of anilines is 1. The summed E-state index contributed by atoms with van der Waals surface area (Å²) in [5, 5.41) is 12.9. The molecule has 4 atom stereocenters. The standard InChI is InChI=1S/C19H18N2O3S/c1-10-16(11-5-3-2-4-6-11)20-19(25-10)21-17(22)14-12-7-8-13(9-12)15(14)18(23)24/h2-8,12-15H,9H2,1H3,(H,23,24)(H,20,21,22)/t12-,13+,14-,15+/m1/s1. The molecule has 4 rings (SSSR count). The Morgan fingerprint density at radius 3 is 2.52 bits per heavy atom. The Bertz CT molecular complexity index is 859. The predicted octanol–water partition coefficient (Wildman–Crippen LogP) is 3.58.